The fourth-order valence-corrected chi connectivity index (χ4v) is 2.54. The van der Waals surface area contributed by atoms with E-state index in [9.17, 15) is 4.79 Å². The number of ketones is 1. The van der Waals surface area contributed by atoms with Crippen molar-refractivity contribution in [1.82, 2.24) is 0 Å². The van der Waals surface area contributed by atoms with Crippen molar-refractivity contribution in [3.8, 4) is 0 Å². The number of carbonyl (C=O) groups is 1. The van der Waals surface area contributed by atoms with E-state index in [1.165, 1.54) is 0 Å². The van der Waals surface area contributed by atoms with Crippen molar-refractivity contribution < 1.29 is 9.53 Å². The summed E-state index contributed by atoms with van der Waals surface area (Å²) < 4.78 is 7.26. The zero-order valence-electron chi connectivity index (χ0n) is 10.1. The van der Waals surface area contributed by atoms with Gasteiger partial charge >= 0.3 is 0 Å². The summed E-state index contributed by atoms with van der Waals surface area (Å²) in [5.41, 5.74) is 1.68. The molecule has 0 radical (unpaired) electrons. The summed E-state index contributed by atoms with van der Waals surface area (Å²) in [6.07, 6.45) is 0. The molecule has 0 saturated heterocycles. The summed E-state index contributed by atoms with van der Waals surface area (Å²) >= 11 is 6.81. The predicted molar refractivity (Wildman–Crippen MR) is 82.3 cm³/mol. The van der Waals surface area contributed by atoms with Crippen LogP contribution in [-0.4, -0.2) is 12.4 Å². The molecule has 2 rings (SSSR count). The lowest BCUT2D eigenvalue weighted by Gasteiger charge is -2.06. The predicted octanol–water partition coefficient (Wildman–Crippen LogP) is 4.61. The summed E-state index contributed by atoms with van der Waals surface area (Å²) in [6, 6.07) is 15.2. The van der Waals surface area contributed by atoms with Crippen LogP contribution in [0.5, 0.6) is 0 Å². The molecule has 0 spiro atoms. The summed E-state index contributed by atoms with van der Waals surface area (Å²) in [5.74, 6) is -0.0282. The minimum Gasteiger partial charge on any atom is -0.369 e. The number of ether oxygens (including phenoxy) is 1. The molecule has 0 aliphatic heterocycles. The first-order valence-electron chi connectivity index (χ1n) is 5.77. The Kier molecular flexibility index (Phi) is 5.31. The van der Waals surface area contributed by atoms with Gasteiger partial charge < -0.3 is 4.74 Å². The van der Waals surface area contributed by atoms with Gasteiger partial charge in [0.25, 0.3) is 0 Å². The summed E-state index contributed by atoms with van der Waals surface area (Å²) in [5, 5.41) is 0. The zero-order valence-corrected chi connectivity index (χ0v) is 13.3. The molecule has 0 fully saturated rings. The van der Waals surface area contributed by atoms with Crippen molar-refractivity contribution in [2.24, 2.45) is 0 Å². The molecule has 98 valence electrons. The molecule has 0 atom stereocenters. The summed E-state index contributed by atoms with van der Waals surface area (Å²) in [6.45, 7) is 0.488. The third-order valence-corrected chi connectivity index (χ3v) is 4.09. The SMILES string of the molecule is O=C(COCc1ccccc1Br)c1ccccc1Br. The molecule has 0 N–H and O–H groups in total. The van der Waals surface area contributed by atoms with E-state index in [4.69, 9.17) is 4.74 Å². The largest absolute Gasteiger partial charge is 0.369 e. The molecule has 0 aliphatic rings. The van der Waals surface area contributed by atoms with E-state index in [0.717, 1.165) is 14.5 Å². The first-order chi connectivity index (χ1) is 9.18. The number of halogens is 2. The molecule has 2 nitrogen and oxygen atoms in total. The van der Waals surface area contributed by atoms with Gasteiger partial charge in [0.2, 0.25) is 0 Å². The standard InChI is InChI=1S/C15H12Br2O2/c16-13-7-3-1-5-11(13)9-19-10-15(18)12-6-2-4-8-14(12)17/h1-8H,9-10H2. The molecule has 0 unspecified atom stereocenters. The number of carbonyl (C=O) groups excluding carboxylic acids is 1. The maximum Gasteiger partial charge on any atom is 0.189 e. The Balaban J connectivity index is 1.92. The van der Waals surface area contributed by atoms with Crippen molar-refractivity contribution in [1.29, 1.82) is 0 Å². The van der Waals surface area contributed by atoms with Gasteiger partial charge in [0.05, 0.1) is 6.61 Å². The highest BCUT2D eigenvalue weighted by atomic mass is 79.9. The van der Waals surface area contributed by atoms with Crippen molar-refractivity contribution in [3.05, 3.63) is 68.6 Å². The molecule has 0 aromatic heterocycles. The average Bonchev–Trinajstić information content (AvgIpc) is 2.41. The number of rotatable bonds is 5. The van der Waals surface area contributed by atoms with Crippen LogP contribution in [0.1, 0.15) is 15.9 Å². The molecule has 19 heavy (non-hydrogen) atoms. The maximum atomic E-state index is 12.0. The van der Waals surface area contributed by atoms with Gasteiger partial charge in [-0.05, 0) is 17.7 Å². The van der Waals surface area contributed by atoms with Gasteiger partial charge in [0.1, 0.15) is 6.61 Å². The van der Waals surface area contributed by atoms with Gasteiger partial charge in [-0.25, -0.2) is 0 Å². The number of benzene rings is 2. The Morgan fingerprint density at radius 2 is 1.58 bits per heavy atom. The van der Waals surface area contributed by atoms with Crippen LogP contribution >= 0.6 is 31.9 Å². The van der Waals surface area contributed by atoms with E-state index in [2.05, 4.69) is 31.9 Å². The first-order valence-corrected chi connectivity index (χ1v) is 7.36. The molecule has 2 aromatic carbocycles. The lowest BCUT2D eigenvalue weighted by atomic mass is 10.1. The fraction of sp³-hybridized carbons (Fsp3) is 0.133. The van der Waals surface area contributed by atoms with Crippen LogP contribution in [-0.2, 0) is 11.3 Å². The van der Waals surface area contributed by atoms with Gasteiger partial charge in [0.15, 0.2) is 5.78 Å². The molecule has 4 heteroatoms. The highest BCUT2D eigenvalue weighted by molar-refractivity contribution is 9.10. The monoisotopic (exact) mass is 382 g/mol. The van der Waals surface area contributed by atoms with Crippen molar-refractivity contribution >= 4 is 37.6 Å². The first kappa shape index (κ1) is 14.4. The number of hydrogen-bond donors (Lipinski definition) is 0. The molecule has 2 aromatic rings. The zero-order chi connectivity index (χ0) is 13.7. The third kappa shape index (κ3) is 4.00. The molecule has 0 saturated carbocycles. The number of Topliss-reactive ketones (excluding diaryl/α,β-unsaturated/α-hetero) is 1. The average molecular weight is 384 g/mol. The van der Waals surface area contributed by atoms with Gasteiger partial charge in [0, 0.05) is 14.5 Å². The van der Waals surface area contributed by atoms with E-state index in [0.29, 0.717) is 12.2 Å². The highest BCUT2D eigenvalue weighted by Gasteiger charge is 2.09. The molecular formula is C15H12Br2O2. The van der Waals surface area contributed by atoms with Crippen molar-refractivity contribution in [2.75, 3.05) is 6.61 Å². The van der Waals surface area contributed by atoms with Crippen LogP contribution < -0.4 is 0 Å². The van der Waals surface area contributed by atoms with Gasteiger partial charge in [-0.2, -0.15) is 0 Å². The van der Waals surface area contributed by atoms with Crippen LogP contribution in [0, 0.1) is 0 Å². The molecular weight excluding hydrogens is 372 g/mol. The van der Waals surface area contributed by atoms with Gasteiger partial charge in [-0.15, -0.1) is 0 Å². The summed E-state index contributed by atoms with van der Waals surface area (Å²) in [7, 11) is 0. The Morgan fingerprint density at radius 3 is 2.26 bits per heavy atom. The Morgan fingerprint density at radius 1 is 0.947 bits per heavy atom. The Labute approximate surface area is 129 Å². The molecule has 0 bridgehead atoms. The van der Waals surface area contributed by atoms with Crippen LogP contribution in [0.4, 0.5) is 0 Å². The van der Waals surface area contributed by atoms with E-state index in [1.54, 1.807) is 6.07 Å². The smallest absolute Gasteiger partial charge is 0.189 e. The lowest BCUT2D eigenvalue weighted by molar-refractivity contribution is 0.0725. The van der Waals surface area contributed by atoms with Crippen LogP contribution in [0.2, 0.25) is 0 Å². The van der Waals surface area contributed by atoms with E-state index in [1.807, 2.05) is 42.5 Å². The van der Waals surface area contributed by atoms with E-state index < -0.39 is 0 Å². The minimum absolute atomic E-state index is 0.0282. The van der Waals surface area contributed by atoms with Crippen molar-refractivity contribution in [3.63, 3.8) is 0 Å². The highest BCUT2D eigenvalue weighted by Crippen LogP contribution is 2.18. The molecule has 0 heterocycles. The van der Waals surface area contributed by atoms with Gasteiger partial charge in [-0.3, -0.25) is 4.79 Å². The second kappa shape index (κ2) is 6.98. The third-order valence-electron chi connectivity index (χ3n) is 2.62. The molecule has 0 aliphatic carbocycles. The second-order valence-electron chi connectivity index (χ2n) is 3.99. The Bertz CT molecular complexity index is 582. The normalized spacial score (nSPS) is 10.4. The minimum atomic E-state index is -0.0282. The van der Waals surface area contributed by atoms with E-state index in [-0.39, 0.29) is 12.4 Å². The van der Waals surface area contributed by atoms with Crippen molar-refractivity contribution in [2.45, 2.75) is 6.61 Å². The summed E-state index contributed by atoms with van der Waals surface area (Å²) in [4.78, 5) is 12.0. The quantitative estimate of drug-likeness (QED) is 0.704. The number of hydrogen-bond acceptors (Lipinski definition) is 2. The fourth-order valence-electron chi connectivity index (χ4n) is 1.63. The topological polar surface area (TPSA) is 26.3 Å². The van der Waals surface area contributed by atoms with E-state index >= 15 is 0 Å². The second-order valence-corrected chi connectivity index (χ2v) is 5.70. The maximum absolute atomic E-state index is 12.0. The molecule has 0 amide bonds. The van der Waals surface area contributed by atoms with Crippen LogP contribution in [0.15, 0.2) is 57.5 Å². The van der Waals surface area contributed by atoms with Crippen LogP contribution in [0.25, 0.3) is 0 Å². The lowest BCUT2D eigenvalue weighted by Crippen LogP contribution is -2.09. The van der Waals surface area contributed by atoms with Gasteiger partial charge in [-0.1, -0.05) is 68.3 Å². The van der Waals surface area contributed by atoms with Crippen LogP contribution in [0.3, 0.4) is 0 Å². The Hall–Kier alpha value is -0.970.